The van der Waals surface area contributed by atoms with E-state index >= 15 is 0 Å². The van der Waals surface area contributed by atoms with Gasteiger partial charge >= 0.3 is 6.18 Å². The molecule has 29 heavy (non-hydrogen) atoms. The van der Waals surface area contributed by atoms with Crippen LogP contribution in [0.5, 0.6) is 0 Å². The maximum absolute atomic E-state index is 13.5. The molecule has 4 nitrogen and oxygen atoms in total. The second kappa shape index (κ2) is 11.5. The highest BCUT2D eigenvalue weighted by Crippen LogP contribution is 2.35. The predicted molar refractivity (Wildman–Crippen MR) is 107 cm³/mol. The minimum absolute atomic E-state index is 0.291. The molecule has 0 aliphatic heterocycles. The first-order valence-corrected chi connectivity index (χ1v) is 10.1. The smallest absolute Gasteiger partial charge is 0.303 e. The molecule has 0 amide bonds. The largest absolute Gasteiger partial charge is 0.416 e. The van der Waals surface area contributed by atoms with Gasteiger partial charge in [-0.15, -0.1) is 0 Å². The molecule has 2 aromatic rings. The van der Waals surface area contributed by atoms with E-state index in [9.17, 15) is 22.8 Å². The molecule has 2 rings (SSSR count). The van der Waals surface area contributed by atoms with Gasteiger partial charge in [0, 0.05) is 18.1 Å². The number of halogens is 3. The van der Waals surface area contributed by atoms with Gasteiger partial charge in [0.2, 0.25) is 0 Å². The molecule has 0 aliphatic rings. The molecule has 0 aliphatic carbocycles. The molecule has 0 spiro atoms. The number of nitrogens with zero attached hydrogens (tertiary/aromatic N) is 1. The van der Waals surface area contributed by atoms with E-state index in [0.717, 1.165) is 57.3 Å². The Bertz CT molecular complexity index is 811. The van der Waals surface area contributed by atoms with E-state index in [1.165, 1.54) is 18.2 Å². The molecule has 0 saturated heterocycles. The fourth-order valence-corrected chi connectivity index (χ4v) is 3.33. The number of hydrogen-bond acceptors (Lipinski definition) is 3. The summed E-state index contributed by atoms with van der Waals surface area (Å²) >= 11 is 0. The normalized spacial score (nSPS) is 11.6. The molecule has 1 heterocycles. The zero-order chi connectivity index (χ0) is 21.1. The third kappa shape index (κ3) is 7.83. The van der Waals surface area contributed by atoms with Gasteiger partial charge in [-0.2, -0.15) is 18.3 Å². The zero-order valence-corrected chi connectivity index (χ0v) is 16.4. The number of benzene rings is 1. The SMILES string of the molecule is O=CCCCCCCCCCCc1ccc(-c2ccc(=O)[nH]n2)cc1C(F)(F)F. The van der Waals surface area contributed by atoms with E-state index in [4.69, 9.17) is 0 Å². The van der Waals surface area contributed by atoms with Gasteiger partial charge in [-0.3, -0.25) is 4.79 Å². The van der Waals surface area contributed by atoms with Crippen LogP contribution in [0.2, 0.25) is 0 Å². The minimum atomic E-state index is -4.44. The van der Waals surface area contributed by atoms with Crippen molar-refractivity contribution in [1.82, 2.24) is 10.2 Å². The number of H-pyrrole nitrogens is 1. The van der Waals surface area contributed by atoms with Crippen molar-refractivity contribution in [3.8, 4) is 11.3 Å². The monoisotopic (exact) mass is 408 g/mol. The average Bonchev–Trinajstić information content (AvgIpc) is 2.69. The highest BCUT2D eigenvalue weighted by atomic mass is 19.4. The summed E-state index contributed by atoms with van der Waals surface area (Å²) in [6, 6.07) is 6.89. The second-order valence-electron chi connectivity index (χ2n) is 7.21. The minimum Gasteiger partial charge on any atom is -0.303 e. The number of rotatable bonds is 12. The number of nitrogens with one attached hydrogen (secondary N) is 1. The van der Waals surface area contributed by atoms with E-state index in [-0.39, 0.29) is 0 Å². The van der Waals surface area contributed by atoms with Gasteiger partial charge in [0.25, 0.3) is 5.56 Å². The lowest BCUT2D eigenvalue weighted by Gasteiger charge is -2.14. The topological polar surface area (TPSA) is 62.8 Å². The van der Waals surface area contributed by atoms with Crippen molar-refractivity contribution in [3.05, 3.63) is 51.8 Å². The molecule has 0 radical (unpaired) electrons. The van der Waals surface area contributed by atoms with E-state index < -0.39 is 17.3 Å². The van der Waals surface area contributed by atoms with E-state index in [1.54, 1.807) is 6.07 Å². The van der Waals surface area contributed by atoms with E-state index in [0.29, 0.717) is 36.1 Å². The number of aldehydes is 1. The summed E-state index contributed by atoms with van der Waals surface area (Å²) in [6.07, 6.45) is 5.41. The van der Waals surface area contributed by atoms with Crippen LogP contribution in [0.4, 0.5) is 13.2 Å². The molecule has 0 unspecified atom stereocenters. The van der Waals surface area contributed by atoms with Crippen LogP contribution >= 0.6 is 0 Å². The Morgan fingerprint density at radius 2 is 1.55 bits per heavy atom. The molecule has 7 heteroatoms. The summed E-state index contributed by atoms with van der Waals surface area (Å²) in [5.41, 5.74) is -0.123. The number of aryl methyl sites for hydroxylation is 1. The molecule has 1 N–H and O–H groups in total. The summed E-state index contributed by atoms with van der Waals surface area (Å²) in [5.74, 6) is 0. The quantitative estimate of drug-likeness (QED) is 0.361. The highest BCUT2D eigenvalue weighted by molar-refractivity contribution is 5.60. The molecule has 0 fully saturated rings. The summed E-state index contributed by atoms with van der Waals surface area (Å²) in [6.45, 7) is 0. The Morgan fingerprint density at radius 1 is 0.897 bits per heavy atom. The van der Waals surface area contributed by atoms with Crippen molar-refractivity contribution >= 4 is 6.29 Å². The van der Waals surface area contributed by atoms with Crippen molar-refractivity contribution in [1.29, 1.82) is 0 Å². The van der Waals surface area contributed by atoms with Gasteiger partial charge in [0.05, 0.1) is 11.3 Å². The summed E-state index contributed by atoms with van der Waals surface area (Å²) < 4.78 is 40.5. The van der Waals surface area contributed by atoms with Crippen LogP contribution in [-0.4, -0.2) is 16.5 Å². The summed E-state index contributed by atoms with van der Waals surface area (Å²) in [5, 5.41) is 6.05. The second-order valence-corrected chi connectivity index (χ2v) is 7.21. The lowest BCUT2D eigenvalue weighted by molar-refractivity contribution is -0.138. The van der Waals surface area contributed by atoms with Crippen molar-refractivity contribution < 1.29 is 18.0 Å². The fraction of sp³-hybridized carbons (Fsp3) is 0.500. The Morgan fingerprint density at radius 3 is 2.14 bits per heavy atom. The predicted octanol–water partition coefficient (Wildman–Crippen LogP) is 5.71. The van der Waals surface area contributed by atoms with Crippen molar-refractivity contribution in [2.75, 3.05) is 0 Å². The van der Waals surface area contributed by atoms with Gasteiger partial charge in [-0.25, -0.2) is 5.10 Å². The number of aromatic nitrogens is 2. The number of alkyl halides is 3. The first kappa shape index (κ1) is 22.8. The van der Waals surface area contributed by atoms with Crippen LogP contribution < -0.4 is 5.56 Å². The van der Waals surface area contributed by atoms with Gasteiger partial charge < -0.3 is 4.79 Å². The van der Waals surface area contributed by atoms with Gasteiger partial charge in [0.1, 0.15) is 6.29 Å². The number of hydrogen-bond donors (Lipinski definition) is 1. The summed E-state index contributed by atoms with van der Waals surface area (Å²) in [7, 11) is 0. The number of carbonyl (C=O) groups is 1. The van der Waals surface area contributed by atoms with Gasteiger partial charge in [0.15, 0.2) is 0 Å². The van der Waals surface area contributed by atoms with Crippen LogP contribution in [0, 0.1) is 0 Å². The molecule has 0 bridgehead atoms. The molecule has 0 atom stereocenters. The maximum atomic E-state index is 13.5. The van der Waals surface area contributed by atoms with Crippen molar-refractivity contribution in [2.45, 2.75) is 70.4 Å². The highest BCUT2D eigenvalue weighted by Gasteiger charge is 2.33. The fourth-order valence-electron chi connectivity index (χ4n) is 3.33. The third-order valence-corrected chi connectivity index (χ3v) is 4.91. The number of unbranched alkanes of at least 4 members (excludes halogenated alkanes) is 8. The molecule has 1 aromatic heterocycles. The van der Waals surface area contributed by atoms with Crippen LogP contribution in [0.3, 0.4) is 0 Å². The molecule has 0 saturated carbocycles. The molecular weight excluding hydrogens is 381 g/mol. The van der Waals surface area contributed by atoms with E-state index in [1.807, 2.05) is 0 Å². The standard InChI is InChI=1S/C22H27F3N2O2/c23-22(24,25)19-16-18(20-13-14-21(29)27-26-20)12-11-17(19)10-8-6-4-2-1-3-5-7-9-15-28/h11-16H,1-10H2,(H,27,29). The van der Waals surface area contributed by atoms with Crippen LogP contribution in [-0.2, 0) is 17.4 Å². The van der Waals surface area contributed by atoms with Crippen molar-refractivity contribution in [3.63, 3.8) is 0 Å². The molecule has 1 aromatic carbocycles. The Kier molecular flexibility index (Phi) is 9.09. The van der Waals surface area contributed by atoms with Crippen LogP contribution in [0.25, 0.3) is 11.3 Å². The Labute approximate surface area is 168 Å². The Balaban J connectivity index is 1.87. The number of carbonyl (C=O) groups excluding carboxylic acids is 1. The zero-order valence-electron chi connectivity index (χ0n) is 16.4. The Hall–Kier alpha value is -2.44. The van der Waals surface area contributed by atoms with Crippen LogP contribution in [0.15, 0.2) is 35.1 Å². The number of aromatic amines is 1. The first-order valence-electron chi connectivity index (χ1n) is 10.1. The lowest BCUT2D eigenvalue weighted by atomic mass is 9.97. The summed E-state index contributed by atoms with van der Waals surface area (Å²) in [4.78, 5) is 21.3. The van der Waals surface area contributed by atoms with Crippen LogP contribution in [0.1, 0.15) is 68.9 Å². The van der Waals surface area contributed by atoms with Crippen molar-refractivity contribution in [2.24, 2.45) is 0 Å². The third-order valence-electron chi connectivity index (χ3n) is 4.91. The maximum Gasteiger partial charge on any atom is 0.416 e. The van der Waals surface area contributed by atoms with Gasteiger partial charge in [-0.05, 0) is 37.0 Å². The van der Waals surface area contributed by atoms with Gasteiger partial charge in [-0.1, -0.05) is 50.7 Å². The lowest BCUT2D eigenvalue weighted by Crippen LogP contribution is -2.10. The molecular formula is C22H27F3N2O2. The van der Waals surface area contributed by atoms with E-state index in [2.05, 4.69) is 10.2 Å². The first-order chi connectivity index (χ1) is 13.9. The average molecular weight is 408 g/mol. The molecule has 158 valence electrons.